The van der Waals surface area contributed by atoms with Crippen LogP contribution in [0, 0.1) is 6.92 Å². The van der Waals surface area contributed by atoms with E-state index in [0.717, 1.165) is 48.1 Å². The number of carbonyl (C=O) groups is 1. The number of carbonyl (C=O) groups excluding carboxylic acids is 1. The van der Waals surface area contributed by atoms with E-state index < -0.39 is 0 Å². The zero-order valence-electron chi connectivity index (χ0n) is 20.8. The number of fused-ring (bicyclic) bond motifs is 1. The van der Waals surface area contributed by atoms with Crippen molar-refractivity contribution < 1.29 is 9.53 Å². The third-order valence-electron chi connectivity index (χ3n) is 7.07. The van der Waals surface area contributed by atoms with Crippen LogP contribution in [0.2, 0.25) is 0 Å². The summed E-state index contributed by atoms with van der Waals surface area (Å²) in [5.41, 5.74) is 6.18. The van der Waals surface area contributed by atoms with Gasteiger partial charge < -0.3 is 14.0 Å². The van der Waals surface area contributed by atoms with Gasteiger partial charge in [0.05, 0.1) is 17.2 Å². The molecule has 3 aromatic rings. The number of benzene rings is 1. The van der Waals surface area contributed by atoms with Crippen LogP contribution in [0.3, 0.4) is 0 Å². The van der Waals surface area contributed by atoms with Gasteiger partial charge in [0.1, 0.15) is 0 Å². The molecule has 0 N–H and O–H groups in total. The molecule has 33 heavy (non-hydrogen) atoms. The maximum absolute atomic E-state index is 13.1. The van der Waals surface area contributed by atoms with E-state index in [0.29, 0.717) is 11.6 Å². The fourth-order valence-electron chi connectivity index (χ4n) is 5.19. The lowest BCUT2D eigenvalue weighted by atomic mass is 9.97. The Balaban J connectivity index is 1.81. The molecule has 1 unspecified atom stereocenters. The lowest BCUT2D eigenvalue weighted by molar-refractivity contribution is 0.0376. The van der Waals surface area contributed by atoms with Gasteiger partial charge in [-0.15, -0.1) is 0 Å². The number of ether oxygens (including phenoxy) is 1. The molecule has 1 aliphatic heterocycles. The molecule has 0 aliphatic carbocycles. The standard InChI is InChI=1S/C28H37N3O2/c1-19(2)33-28(32)25-18-26-24(22-10-8-7-9-11-22)14-17-31(26)27(20(25)3)21(4)30-15-12-23(13-16-30)29(5)6/h7-11,14,17-19,21,23H,12-13,15-16H2,1-6H3. The normalized spacial score (nSPS) is 16.6. The van der Waals surface area contributed by atoms with Crippen LogP contribution in [0.15, 0.2) is 48.7 Å². The van der Waals surface area contributed by atoms with Crippen LogP contribution in [-0.4, -0.2) is 59.5 Å². The Morgan fingerprint density at radius 3 is 2.33 bits per heavy atom. The van der Waals surface area contributed by atoms with Gasteiger partial charge in [0, 0.05) is 42.6 Å². The minimum atomic E-state index is -0.245. The first-order chi connectivity index (χ1) is 15.8. The van der Waals surface area contributed by atoms with Gasteiger partial charge in [-0.1, -0.05) is 30.3 Å². The van der Waals surface area contributed by atoms with E-state index in [-0.39, 0.29) is 18.1 Å². The lowest BCUT2D eigenvalue weighted by Gasteiger charge is -2.39. The summed E-state index contributed by atoms with van der Waals surface area (Å²) in [6.45, 7) is 10.2. The summed E-state index contributed by atoms with van der Waals surface area (Å²) in [5.74, 6) is -0.245. The van der Waals surface area contributed by atoms with Crippen molar-refractivity contribution in [1.82, 2.24) is 14.2 Å². The van der Waals surface area contributed by atoms with Crippen molar-refractivity contribution in [2.75, 3.05) is 27.2 Å². The summed E-state index contributed by atoms with van der Waals surface area (Å²) < 4.78 is 7.93. The highest BCUT2D eigenvalue weighted by Gasteiger charge is 2.29. The number of piperidine rings is 1. The molecular weight excluding hydrogens is 410 g/mol. The SMILES string of the molecule is Cc1c(C(=O)OC(C)C)cc2c(-c3ccccc3)ccn2c1C(C)N1CCC(N(C)C)CC1. The van der Waals surface area contributed by atoms with Gasteiger partial charge in [0.25, 0.3) is 0 Å². The van der Waals surface area contributed by atoms with Crippen molar-refractivity contribution in [3.05, 3.63) is 65.5 Å². The highest BCUT2D eigenvalue weighted by atomic mass is 16.5. The molecule has 5 nitrogen and oxygen atoms in total. The van der Waals surface area contributed by atoms with E-state index in [4.69, 9.17) is 4.74 Å². The quantitative estimate of drug-likeness (QED) is 0.463. The minimum absolute atomic E-state index is 0.153. The number of likely N-dealkylation sites (tertiary alicyclic amines) is 1. The van der Waals surface area contributed by atoms with Gasteiger partial charge in [-0.05, 0) is 77.9 Å². The number of esters is 1. The predicted molar refractivity (Wildman–Crippen MR) is 135 cm³/mol. The first-order valence-electron chi connectivity index (χ1n) is 12.1. The second-order valence-corrected chi connectivity index (χ2v) is 9.78. The van der Waals surface area contributed by atoms with Crippen LogP contribution in [0.1, 0.15) is 61.3 Å². The van der Waals surface area contributed by atoms with Crippen LogP contribution in [-0.2, 0) is 4.74 Å². The number of aromatic nitrogens is 1. The molecule has 1 atom stereocenters. The van der Waals surface area contributed by atoms with E-state index in [1.807, 2.05) is 26.0 Å². The van der Waals surface area contributed by atoms with Gasteiger partial charge in [-0.25, -0.2) is 4.79 Å². The number of hydrogen-bond donors (Lipinski definition) is 0. The Morgan fingerprint density at radius 2 is 1.73 bits per heavy atom. The zero-order valence-corrected chi connectivity index (χ0v) is 20.8. The number of hydrogen-bond acceptors (Lipinski definition) is 4. The third kappa shape index (κ3) is 4.71. The average Bonchev–Trinajstić information content (AvgIpc) is 3.22. The smallest absolute Gasteiger partial charge is 0.338 e. The maximum atomic E-state index is 13.1. The molecule has 0 bridgehead atoms. The number of rotatable bonds is 6. The molecule has 5 heteroatoms. The van der Waals surface area contributed by atoms with E-state index in [1.54, 1.807) is 0 Å². The Labute approximate surface area is 198 Å². The first-order valence-corrected chi connectivity index (χ1v) is 12.1. The summed E-state index contributed by atoms with van der Waals surface area (Å²) in [6, 6.07) is 15.4. The highest BCUT2D eigenvalue weighted by molar-refractivity contribution is 5.95. The molecule has 0 spiro atoms. The van der Waals surface area contributed by atoms with Crippen molar-refractivity contribution in [3.8, 4) is 11.1 Å². The van der Waals surface area contributed by atoms with E-state index in [2.05, 4.69) is 78.7 Å². The van der Waals surface area contributed by atoms with Crippen LogP contribution in [0.5, 0.6) is 0 Å². The van der Waals surface area contributed by atoms with Crippen molar-refractivity contribution in [2.24, 2.45) is 0 Å². The molecule has 1 saturated heterocycles. The first kappa shape index (κ1) is 23.5. The molecule has 2 aromatic heterocycles. The summed E-state index contributed by atoms with van der Waals surface area (Å²) in [5, 5.41) is 0. The van der Waals surface area contributed by atoms with Crippen molar-refractivity contribution in [3.63, 3.8) is 0 Å². The maximum Gasteiger partial charge on any atom is 0.338 e. The van der Waals surface area contributed by atoms with Crippen LogP contribution in [0.4, 0.5) is 0 Å². The van der Waals surface area contributed by atoms with E-state index in [9.17, 15) is 4.79 Å². The molecule has 1 aliphatic rings. The molecule has 0 saturated carbocycles. The van der Waals surface area contributed by atoms with Crippen LogP contribution >= 0.6 is 0 Å². The Kier molecular flexibility index (Phi) is 6.91. The molecular formula is C28H37N3O2. The molecule has 3 heterocycles. The number of pyridine rings is 1. The van der Waals surface area contributed by atoms with Crippen molar-refractivity contribution in [1.29, 1.82) is 0 Å². The molecule has 1 fully saturated rings. The van der Waals surface area contributed by atoms with Gasteiger partial charge in [-0.2, -0.15) is 0 Å². The molecule has 4 rings (SSSR count). The molecule has 0 radical (unpaired) electrons. The molecule has 0 amide bonds. The molecule has 176 valence electrons. The average molecular weight is 448 g/mol. The summed E-state index contributed by atoms with van der Waals surface area (Å²) in [4.78, 5) is 18.0. The van der Waals surface area contributed by atoms with E-state index >= 15 is 0 Å². The minimum Gasteiger partial charge on any atom is -0.459 e. The predicted octanol–water partition coefficient (Wildman–Crippen LogP) is 5.57. The fraction of sp³-hybridized carbons (Fsp3) is 0.464. The van der Waals surface area contributed by atoms with Gasteiger partial charge in [0.15, 0.2) is 0 Å². The summed E-state index contributed by atoms with van der Waals surface area (Å²) in [6.07, 6.45) is 4.32. The van der Waals surface area contributed by atoms with Crippen LogP contribution in [0.25, 0.3) is 16.6 Å². The monoisotopic (exact) mass is 447 g/mol. The topological polar surface area (TPSA) is 37.2 Å². The van der Waals surface area contributed by atoms with Crippen LogP contribution < -0.4 is 0 Å². The van der Waals surface area contributed by atoms with Gasteiger partial charge in [0.2, 0.25) is 0 Å². The Bertz CT molecular complexity index is 1110. The lowest BCUT2D eigenvalue weighted by Crippen LogP contribution is -2.43. The Hall–Kier alpha value is -2.63. The largest absolute Gasteiger partial charge is 0.459 e. The second-order valence-electron chi connectivity index (χ2n) is 9.78. The second kappa shape index (κ2) is 9.70. The van der Waals surface area contributed by atoms with Crippen molar-refractivity contribution >= 4 is 11.5 Å². The number of nitrogens with zero attached hydrogens (tertiary/aromatic N) is 3. The van der Waals surface area contributed by atoms with E-state index in [1.165, 1.54) is 5.69 Å². The highest BCUT2D eigenvalue weighted by Crippen LogP contribution is 2.35. The zero-order chi connectivity index (χ0) is 23.7. The fourth-order valence-corrected chi connectivity index (χ4v) is 5.19. The van der Waals surface area contributed by atoms with Gasteiger partial charge in [-0.3, -0.25) is 4.90 Å². The van der Waals surface area contributed by atoms with Gasteiger partial charge >= 0.3 is 5.97 Å². The summed E-state index contributed by atoms with van der Waals surface area (Å²) in [7, 11) is 4.35. The van der Waals surface area contributed by atoms with Crippen molar-refractivity contribution in [2.45, 2.75) is 58.7 Å². The molecule has 1 aromatic carbocycles. The third-order valence-corrected chi connectivity index (χ3v) is 7.07. The summed E-state index contributed by atoms with van der Waals surface area (Å²) >= 11 is 0. The Morgan fingerprint density at radius 1 is 1.06 bits per heavy atom.